The zero-order valence-electron chi connectivity index (χ0n) is 10.8. The summed E-state index contributed by atoms with van der Waals surface area (Å²) in [5, 5.41) is 26.7. The van der Waals surface area contributed by atoms with Crippen LogP contribution in [0.2, 0.25) is 0 Å². The number of aliphatic hydroxyl groups excluding tert-OH is 2. The van der Waals surface area contributed by atoms with Gasteiger partial charge in [-0.15, -0.1) is 0 Å². The van der Waals surface area contributed by atoms with Crippen molar-refractivity contribution in [2.75, 3.05) is 6.61 Å². The normalized spacial score (nSPS) is 15.8. The lowest BCUT2D eigenvalue weighted by Crippen LogP contribution is -2.39. The third-order valence-corrected chi connectivity index (χ3v) is 3.63. The highest BCUT2D eigenvalue weighted by atomic mass is 32.1. The largest absolute Gasteiger partial charge is 0.395 e. The maximum absolute atomic E-state index is 10.00. The molecule has 3 nitrogen and oxygen atoms in total. The van der Waals surface area contributed by atoms with E-state index in [1.54, 1.807) is 11.3 Å². The number of rotatable bonds is 6. The minimum atomic E-state index is -0.408. The van der Waals surface area contributed by atoms with Crippen LogP contribution in [0.3, 0.4) is 0 Å². The molecule has 1 aromatic rings. The van der Waals surface area contributed by atoms with Gasteiger partial charge in [-0.2, -0.15) is 11.3 Å². The molecular formula is C13H23NO2S. The second kappa shape index (κ2) is 6.50. The Morgan fingerprint density at radius 2 is 2.12 bits per heavy atom. The first-order chi connectivity index (χ1) is 7.93. The Morgan fingerprint density at radius 1 is 1.41 bits per heavy atom. The molecule has 17 heavy (non-hydrogen) atoms. The van der Waals surface area contributed by atoms with Gasteiger partial charge in [0.1, 0.15) is 0 Å². The van der Waals surface area contributed by atoms with Crippen molar-refractivity contribution in [2.45, 2.75) is 45.9 Å². The smallest absolute Gasteiger partial charge is 0.0604 e. The molecule has 0 saturated heterocycles. The summed E-state index contributed by atoms with van der Waals surface area (Å²) in [6.07, 6.45) is 0.166. The van der Waals surface area contributed by atoms with Crippen LogP contribution in [0.15, 0.2) is 16.8 Å². The van der Waals surface area contributed by atoms with Crippen LogP contribution in [0.5, 0.6) is 0 Å². The lowest BCUT2D eigenvalue weighted by molar-refractivity contribution is 0.0389. The van der Waals surface area contributed by atoms with E-state index in [-0.39, 0.29) is 18.1 Å². The zero-order chi connectivity index (χ0) is 12.9. The third-order valence-electron chi connectivity index (χ3n) is 2.90. The summed E-state index contributed by atoms with van der Waals surface area (Å²) >= 11 is 1.67. The molecule has 0 aliphatic heterocycles. The van der Waals surface area contributed by atoms with Crippen molar-refractivity contribution in [3.63, 3.8) is 0 Å². The predicted molar refractivity (Wildman–Crippen MR) is 72.1 cm³/mol. The SMILES string of the molecule is CC(C)(C)[C@@H](O)C[C@H](CO)NCc1ccsc1. The van der Waals surface area contributed by atoms with Crippen LogP contribution in [-0.2, 0) is 6.54 Å². The van der Waals surface area contributed by atoms with Gasteiger partial charge in [-0.1, -0.05) is 20.8 Å². The first-order valence-corrected chi connectivity index (χ1v) is 6.91. The molecular weight excluding hydrogens is 234 g/mol. The lowest BCUT2D eigenvalue weighted by atomic mass is 9.85. The van der Waals surface area contributed by atoms with Crippen molar-refractivity contribution >= 4 is 11.3 Å². The van der Waals surface area contributed by atoms with Gasteiger partial charge in [0.05, 0.1) is 12.7 Å². The third kappa shape index (κ3) is 5.17. The van der Waals surface area contributed by atoms with E-state index in [2.05, 4.69) is 16.8 Å². The van der Waals surface area contributed by atoms with Gasteiger partial charge < -0.3 is 15.5 Å². The highest BCUT2D eigenvalue weighted by molar-refractivity contribution is 7.07. The summed E-state index contributed by atoms with van der Waals surface area (Å²) in [4.78, 5) is 0. The number of thiophene rings is 1. The fourth-order valence-corrected chi connectivity index (χ4v) is 2.17. The Kier molecular flexibility index (Phi) is 5.59. The summed E-state index contributed by atoms with van der Waals surface area (Å²) in [5.41, 5.74) is 1.08. The van der Waals surface area contributed by atoms with Gasteiger partial charge in [0.25, 0.3) is 0 Å². The van der Waals surface area contributed by atoms with Crippen LogP contribution >= 0.6 is 11.3 Å². The molecule has 3 N–H and O–H groups in total. The Balaban J connectivity index is 2.38. The Labute approximate surface area is 107 Å². The van der Waals surface area contributed by atoms with Crippen LogP contribution in [0.1, 0.15) is 32.8 Å². The van der Waals surface area contributed by atoms with E-state index in [9.17, 15) is 10.2 Å². The fourth-order valence-electron chi connectivity index (χ4n) is 1.50. The molecule has 0 spiro atoms. The van der Waals surface area contributed by atoms with Crippen molar-refractivity contribution < 1.29 is 10.2 Å². The first-order valence-electron chi connectivity index (χ1n) is 5.97. The number of hydrogen-bond acceptors (Lipinski definition) is 4. The van der Waals surface area contributed by atoms with E-state index < -0.39 is 6.10 Å². The van der Waals surface area contributed by atoms with E-state index in [0.29, 0.717) is 6.42 Å². The quantitative estimate of drug-likeness (QED) is 0.730. The summed E-state index contributed by atoms with van der Waals surface area (Å²) in [6, 6.07) is 2.01. The maximum atomic E-state index is 10.00. The highest BCUT2D eigenvalue weighted by Gasteiger charge is 2.25. The van der Waals surface area contributed by atoms with Gasteiger partial charge in [-0.25, -0.2) is 0 Å². The van der Waals surface area contributed by atoms with Crippen LogP contribution < -0.4 is 5.32 Å². The second-order valence-corrected chi connectivity index (χ2v) is 6.29. The van der Waals surface area contributed by atoms with Crippen molar-refractivity contribution in [1.29, 1.82) is 0 Å². The molecule has 2 atom stereocenters. The molecule has 98 valence electrons. The van der Waals surface area contributed by atoms with Crippen LogP contribution in [0.4, 0.5) is 0 Å². The average molecular weight is 257 g/mol. The van der Waals surface area contributed by atoms with Gasteiger partial charge in [0, 0.05) is 12.6 Å². The molecule has 0 saturated carbocycles. The zero-order valence-corrected chi connectivity index (χ0v) is 11.6. The van der Waals surface area contributed by atoms with Crippen LogP contribution in [0.25, 0.3) is 0 Å². The van der Waals surface area contributed by atoms with Gasteiger partial charge in [-0.05, 0) is 34.2 Å². The summed E-state index contributed by atoms with van der Waals surface area (Å²) in [5.74, 6) is 0. The summed E-state index contributed by atoms with van der Waals surface area (Å²) in [6.45, 7) is 6.81. The minimum Gasteiger partial charge on any atom is -0.395 e. The van der Waals surface area contributed by atoms with E-state index >= 15 is 0 Å². The van der Waals surface area contributed by atoms with Crippen molar-refractivity contribution in [2.24, 2.45) is 5.41 Å². The van der Waals surface area contributed by atoms with Crippen molar-refractivity contribution in [3.05, 3.63) is 22.4 Å². The van der Waals surface area contributed by atoms with E-state index in [0.717, 1.165) is 6.54 Å². The molecule has 0 aliphatic rings. The van der Waals surface area contributed by atoms with E-state index in [1.807, 2.05) is 26.2 Å². The molecule has 0 radical (unpaired) electrons. The molecule has 1 aromatic heterocycles. The van der Waals surface area contributed by atoms with Gasteiger partial charge >= 0.3 is 0 Å². The van der Waals surface area contributed by atoms with Gasteiger partial charge in [0.2, 0.25) is 0 Å². The van der Waals surface area contributed by atoms with Crippen molar-refractivity contribution in [1.82, 2.24) is 5.32 Å². The molecule has 0 fully saturated rings. The van der Waals surface area contributed by atoms with Crippen LogP contribution in [0, 0.1) is 5.41 Å². The average Bonchev–Trinajstić information content (AvgIpc) is 2.75. The molecule has 0 unspecified atom stereocenters. The standard InChI is InChI=1S/C13H23NO2S/c1-13(2,3)12(16)6-11(8-15)14-7-10-4-5-17-9-10/h4-5,9,11-12,14-16H,6-8H2,1-3H3/t11-,12+/m1/s1. The van der Waals surface area contributed by atoms with E-state index in [1.165, 1.54) is 5.56 Å². The van der Waals surface area contributed by atoms with Crippen LogP contribution in [-0.4, -0.2) is 29.0 Å². The first kappa shape index (κ1) is 14.6. The van der Waals surface area contributed by atoms with Gasteiger partial charge in [0.15, 0.2) is 0 Å². The maximum Gasteiger partial charge on any atom is 0.0604 e. The molecule has 0 aromatic carbocycles. The van der Waals surface area contributed by atoms with Gasteiger partial charge in [-0.3, -0.25) is 0 Å². The molecule has 0 aliphatic carbocycles. The van der Waals surface area contributed by atoms with Crippen molar-refractivity contribution in [3.8, 4) is 0 Å². The Morgan fingerprint density at radius 3 is 2.59 bits per heavy atom. The topological polar surface area (TPSA) is 52.5 Å². The minimum absolute atomic E-state index is 0.0517. The monoisotopic (exact) mass is 257 g/mol. The molecule has 1 heterocycles. The van der Waals surface area contributed by atoms with E-state index in [4.69, 9.17) is 0 Å². The summed E-state index contributed by atoms with van der Waals surface area (Å²) in [7, 11) is 0. The molecule has 0 bridgehead atoms. The number of nitrogens with one attached hydrogen (secondary N) is 1. The fraction of sp³-hybridized carbons (Fsp3) is 0.692. The Bertz CT molecular complexity index is 306. The highest BCUT2D eigenvalue weighted by Crippen LogP contribution is 2.22. The number of aliphatic hydroxyl groups is 2. The summed E-state index contributed by atoms with van der Waals surface area (Å²) < 4.78 is 0. The predicted octanol–water partition coefficient (Wildman–Crippen LogP) is 2.00. The number of hydrogen-bond donors (Lipinski definition) is 3. The second-order valence-electron chi connectivity index (χ2n) is 5.51. The molecule has 0 amide bonds. The molecule has 4 heteroatoms. The Hall–Kier alpha value is -0.420. The lowest BCUT2D eigenvalue weighted by Gasteiger charge is -2.29. The molecule has 1 rings (SSSR count).